The zero-order valence-electron chi connectivity index (χ0n) is 17.3. The summed E-state index contributed by atoms with van der Waals surface area (Å²) in [4.78, 5) is 25.1. The quantitative estimate of drug-likeness (QED) is 0.499. The van der Waals surface area contributed by atoms with Crippen molar-refractivity contribution in [1.82, 2.24) is 4.57 Å². The van der Waals surface area contributed by atoms with E-state index in [-0.39, 0.29) is 24.1 Å². The number of Topliss-reactive ketones (excluding diaryl/α,β-unsaturated/α-hetero) is 1. The van der Waals surface area contributed by atoms with Gasteiger partial charge in [0, 0.05) is 36.2 Å². The molecule has 1 atom stereocenters. The van der Waals surface area contributed by atoms with Crippen LogP contribution in [0, 0.1) is 13.8 Å². The molecule has 2 aromatic rings. The van der Waals surface area contributed by atoms with Crippen molar-refractivity contribution in [2.75, 3.05) is 27.4 Å². The fourth-order valence-electron chi connectivity index (χ4n) is 3.57. The van der Waals surface area contributed by atoms with Gasteiger partial charge >= 0.3 is 5.97 Å². The van der Waals surface area contributed by atoms with Crippen LogP contribution in [0.5, 0.6) is 11.5 Å². The van der Waals surface area contributed by atoms with Crippen LogP contribution < -0.4 is 9.47 Å². The van der Waals surface area contributed by atoms with Gasteiger partial charge in [-0.1, -0.05) is 0 Å². The summed E-state index contributed by atoms with van der Waals surface area (Å²) in [6.07, 6.45) is 2.28. The van der Waals surface area contributed by atoms with E-state index in [2.05, 4.69) is 4.57 Å². The van der Waals surface area contributed by atoms with Crippen molar-refractivity contribution in [3.8, 4) is 11.5 Å². The van der Waals surface area contributed by atoms with Gasteiger partial charge in [0.15, 0.2) is 6.61 Å². The Labute approximate surface area is 170 Å². The minimum atomic E-state index is -0.608. The maximum Gasteiger partial charge on any atom is 0.338 e. The molecular formula is C22H27NO6. The van der Waals surface area contributed by atoms with Crippen LogP contribution in [0.2, 0.25) is 0 Å². The van der Waals surface area contributed by atoms with Crippen LogP contribution in [0.3, 0.4) is 0 Å². The third kappa shape index (κ3) is 4.79. The smallest absolute Gasteiger partial charge is 0.338 e. The molecular weight excluding hydrogens is 374 g/mol. The van der Waals surface area contributed by atoms with Gasteiger partial charge < -0.3 is 23.5 Å². The Balaban J connectivity index is 1.67. The number of rotatable bonds is 8. The van der Waals surface area contributed by atoms with E-state index in [4.69, 9.17) is 18.9 Å². The minimum absolute atomic E-state index is 0.184. The number of carbonyl (C=O) groups excluding carboxylic acids is 2. The van der Waals surface area contributed by atoms with E-state index in [1.54, 1.807) is 18.2 Å². The van der Waals surface area contributed by atoms with Gasteiger partial charge in [-0.15, -0.1) is 0 Å². The Morgan fingerprint density at radius 3 is 2.38 bits per heavy atom. The topological polar surface area (TPSA) is 76.0 Å². The van der Waals surface area contributed by atoms with E-state index >= 15 is 0 Å². The maximum atomic E-state index is 12.7. The summed E-state index contributed by atoms with van der Waals surface area (Å²) in [7, 11) is 3.00. The van der Waals surface area contributed by atoms with Crippen molar-refractivity contribution in [3.05, 3.63) is 46.8 Å². The number of ketones is 1. The number of nitrogens with zero attached hydrogens (tertiary/aromatic N) is 1. The van der Waals surface area contributed by atoms with Gasteiger partial charge in [0.1, 0.15) is 11.5 Å². The first-order valence-corrected chi connectivity index (χ1v) is 9.64. The summed E-state index contributed by atoms with van der Waals surface area (Å²) in [6.45, 7) is 5.06. The summed E-state index contributed by atoms with van der Waals surface area (Å²) >= 11 is 0. The lowest BCUT2D eigenvalue weighted by Crippen LogP contribution is -2.18. The zero-order chi connectivity index (χ0) is 21.0. The standard InChI is InChI=1S/C22H27NO6/c1-14-8-20(15(2)23(14)12-17-6-5-7-28-17)21(24)13-29-22(25)16-9-18(26-3)11-19(10-16)27-4/h8-11,17H,5-7,12-13H2,1-4H3/t17-/m0/s1. The average molecular weight is 401 g/mol. The first-order valence-electron chi connectivity index (χ1n) is 9.64. The molecule has 1 aliphatic rings. The first kappa shape index (κ1) is 20.9. The monoisotopic (exact) mass is 401 g/mol. The molecule has 0 bridgehead atoms. The van der Waals surface area contributed by atoms with Gasteiger partial charge in [-0.05, 0) is 44.9 Å². The molecule has 3 rings (SSSR count). The number of methoxy groups -OCH3 is 2. The van der Waals surface area contributed by atoms with Crippen LogP contribution in [0.1, 0.15) is 44.9 Å². The normalized spacial score (nSPS) is 15.9. The summed E-state index contributed by atoms with van der Waals surface area (Å²) in [5, 5.41) is 0. The van der Waals surface area contributed by atoms with Crippen molar-refractivity contribution >= 4 is 11.8 Å². The van der Waals surface area contributed by atoms with Crippen LogP contribution in [-0.2, 0) is 16.0 Å². The first-order chi connectivity index (χ1) is 13.9. The molecule has 1 fully saturated rings. The molecule has 0 spiro atoms. The highest BCUT2D eigenvalue weighted by molar-refractivity contribution is 6.00. The van der Waals surface area contributed by atoms with Crippen LogP contribution in [0.25, 0.3) is 0 Å². The second kappa shape index (κ2) is 9.13. The molecule has 156 valence electrons. The number of aromatic nitrogens is 1. The number of esters is 1. The van der Waals surface area contributed by atoms with Crippen molar-refractivity contribution in [1.29, 1.82) is 0 Å². The highest BCUT2D eigenvalue weighted by Gasteiger charge is 2.22. The lowest BCUT2D eigenvalue weighted by Gasteiger charge is -2.14. The van der Waals surface area contributed by atoms with Crippen LogP contribution in [0.15, 0.2) is 24.3 Å². The molecule has 7 heteroatoms. The highest BCUT2D eigenvalue weighted by Crippen LogP contribution is 2.24. The average Bonchev–Trinajstić information content (AvgIpc) is 3.35. The Morgan fingerprint density at radius 1 is 1.10 bits per heavy atom. The lowest BCUT2D eigenvalue weighted by atomic mass is 10.1. The second-order valence-corrected chi connectivity index (χ2v) is 7.13. The predicted octanol–water partition coefficient (Wildman–Crippen LogP) is 3.34. The predicted molar refractivity (Wildman–Crippen MR) is 107 cm³/mol. The van der Waals surface area contributed by atoms with Gasteiger partial charge in [0.2, 0.25) is 5.78 Å². The third-order valence-electron chi connectivity index (χ3n) is 5.21. The van der Waals surface area contributed by atoms with Crippen LogP contribution >= 0.6 is 0 Å². The molecule has 1 aliphatic heterocycles. The number of benzene rings is 1. The zero-order valence-corrected chi connectivity index (χ0v) is 17.3. The summed E-state index contributed by atoms with van der Waals surface area (Å²) < 4.78 is 23.4. The number of aryl methyl sites for hydroxylation is 1. The van der Waals surface area contributed by atoms with Gasteiger partial charge in [-0.25, -0.2) is 4.79 Å². The number of hydrogen-bond acceptors (Lipinski definition) is 6. The number of ether oxygens (including phenoxy) is 4. The van der Waals surface area contributed by atoms with Gasteiger partial charge in [0.05, 0.1) is 25.9 Å². The number of hydrogen-bond donors (Lipinski definition) is 0. The van der Waals surface area contributed by atoms with Crippen molar-refractivity contribution in [2.24, 2.45) is 0 Å². The fraction of sp³-hybridized carbons (Fsp3) is 0.455. The molecule has 2 heterocycles. The molecule has 1 saturated heterocycles. The third-order valence-corrected chi connectivity index (χ3v) is 5.21. The molecule has 1 aromatic heterocycles. The Kier molecular flexibility index (Phi) is 6.59. The fourth-order valence-corrected chi connectivity index (χ4v) is 3.57. The molecule has 0 saturated carbocycles. The Hall–Kier alpha value is -2.80. The molecule has 1 aromatic carbocycles. The maximum absolute atomic E-state index is 12.7. The molecule has 0 amide bonds. The van der Waals surface area contributed by atoms with Crippen LogP contribution in [0.4, 0.5) is 0 Å². The highest BCUT2D eigenvalue weighted by atomic mass is 16.5. The van der Waals surface area contributed by atoms with E-state index < -0.39 is 5.97 Å². The Bertz CT molecular complexity index is 873. The Morgan fingerprint density at radius 2 is 1.79 bits per heavy atom. The second-order valence-electron chi connectivity index (χ2n) is 7.13. The van der Waals surface area contributed by atoms with Crippen molar-refractivity contribution in [2.45, 2.75) is 39.3 Å². The lowest BCUT2D eigenvalue weighted by molar-refractivity contribution is 0.0474. The molecule has 29 heavy (non-hydrogen) atoms. The van der Waals surface area contributed by atoms with Crippen LogP contribution in [-0.4, -0.2) is 49.9 Å². The molecule has 0 unspecified atom stereocenters. The molecule has 0 radical (unpaired) electrons. The molecule has 7 nitrogen and oxygen atoms in total. The van der Waals surface area contributed by atoms with Gasteiger partial charge in [0.25, 0.3) is 0 Å². The van der Waals surface area contributed by atoms with E-state index in [9.17, 15) is 9.59 Å². The van der Waals surface area contributed by atoms with Crippen molar-refractivity contribution < 1.29 is 28.5 Å². The van der Waals surface area contributed by atoms with E-state index in [0.29, 0.717) is 17.1 Å². The SMILES string of the molecule is COc1cc(OC)cc(C(=O)OCC(=O)c2cc(C)n(C[C@@H]3CCCO3)c2C)c1. The van der Waals surface area contributed by atoms with E-state index in [0.717, 1.165) is 37.4 Å². The summed E-state index contributed by atoms with van der Waals surface area (Å²) in [5.41, 5.74) is 2.68. The minimum Gasteiger partial charge on any atom is -0.497 e. The van der Waals surface area contributed by atoms with E-state index in [1.807, 2.05) is 19.9 Å². The molecule has 0 N–H and O–H groups in total. The van der Waals surface area contributed by atoms with Gasteiger partial charge in [-0.2, -0.15) is 0 Å². The number of carbonyl (C=O) groups is 2. The summed E-state index contributed by atoms with van der Waals surface area (Å²) in [5.74, 6) is 0.101. The molecule has 0 aliphatic carbocycles. The van der Waals surface area contributed by atoms with Gasteiger partial charge in [-0.3, -0.25) is 4.79 Å². The largest absolute Gasteiger partial charge is 0.497 e. The summed E-state index contributed by atoms with van der Waals surface area (Å²) in [6, 6.07) is 6.59. The van der Waals surface area contributed by atoms with Crippen molar-refractivity contribution in [3.63, 3.8) is 0 Å². The van der Waals surface area contributed by atoms with E-state index in [1.165, 1.54) is 14.2 Å².